The molecule has 1 aromatic heterocycles. The van der Waals surface area contributed by atoms with Crippen molar-refractivity contribution < 1.29 is 4.79 Å². The van der Waals surface area contributed by atoms with E-state index in [4.69, 9.17) is 11.6 Å². The second-order valence-corrected chi connectivity index (χ2v) is 6.40. The summed E-state index contributed by atoms with van der Waals surface area (Å²) in [5.74, 6) is -0.235. The van der Waals surface area contributed by atoms with E-state index in [9.17, 15) is 4.79 Å². The molecule has 0 radical (unpaired) electrons. The van der Waals surface area contributed by atoms with Crippen molar-refractivity contribution in [3.05, 3.63) is 45.4 Å². The number of nitrogens with one attached hydrogen (secondary N) is 1. The predicted octanol–water partition coefficient (Wildman–Crippen LogP) is 3.75. The lowest BCUT2D eigenvalue weighted by molar-refractivity contribution is 0.0912. The van der Waals surface area contributed by atoms with Gasteiger partial charge in [0.25, 0.3) is 5.91 Å². The predicted molar refractivity (Wildman–Crippen MR) is 81.3 cm³/mol. The van der Waals surface area contributed by atoms with Gasteiger partial charge >= 0.3 is 0 Å². The molecule has 0 aliphatic rings. The van der Waals surface area contributed by atoms with Gasteiger partial charge in [-0.3, -0.25) is 4.79 Å². The standard InChI is InChI=1S/C13H13ClN2OS2/c1-13(2,12-15-5-6-19-12)16-11(17)9-7-8(18)3-4-10(9)14/h3-7,18H,1-2H3,(H,16,17). The minimum atomic E-state index is -0.540. The van der Waals surface area contributed by atoms with Crippen LogP contribution in [-0.2, 0) is 5.54 Å². The van der Waals surface area contributed by atoms with Crippen molar-refractivity contribution in [1.82, 2.24) is 10.3 Å². The number of nitrogens with zero attached hydrogens (tertiary/aromatic N) is 1. The molecule has 0 saturated carbocycles. The normalized spacial score (nSPS) is 11.4. The van der Waals surface area contributed by atoms with Gasteiger partial charge in [-0.05, 0) is 32.0 Å². The van der Waals surface area contributed by atoms with E-state index in [-0.39, 0.29) is 5.91 Å². The van der Waals surface area contributed by atoms with Crippen LogP contribution in [0, 0.1) is 0 Å². The monoisotopic (exact) mass is 312 g/mol. The lowest BCUT2D eigenvalue weighted by Crippen LogP contribution is -2.41. The molecular formula is C13H13ClN2OS2. The van der Waals surface area contributed by atoms with E-state index in [1.54, 1.807) is 24.4 Å². The Labute approximate surface area is 126 Å². The van der Waals surface area contributed by atoms with E-state index in [0.29, 0.717) is 15.5 Å². The van der Waals surface area contributed by atoms with Gasteiger partial charge < -0.3 is 5.32 Å². The summed E-state index contributed by atoms with van der Waals surface area (Å²) in [6, 6.07) is 5.06. The number of amides is 1. The molecule has 0 bridgehead atoms. The Bertz CT molecular complexity index is 597. The molecule has 2 aromatic rings. The van der Waals surface area contributed by atoms with Crippen molar-refractivity contribution in [2.75, 3.05) is 0 Å². The molecule has 1 amide bonds. The lowest BCUT2D eigenvalue weighted by Gasteiger charge is -2.24. The Kier molecular flexibility index (Phi) is 4.18. The number of halogens is 1. The van der Waals surface area contributed by atoms with Gasteiger partial charge in [0.2, 0.25) is 0 Å². The minimum Gasteiger partial charge on any atom is -0.341 e. The first-order chi connectivity index (χ1) is 8.90. The molecule has 0 saturated heterocycles. The fourth-order valence-electron chi connectivity index (χ4n) is 1.62. The van der Waals surface area contributed by atoms with E-state index >= 15 is 0 Å². The number of thiol groups is 1. The van der Waals surface area contributed by atoms with Gasteiger partial charge in [-0.1, -0.05) is 11.6 Å². The first kappa shape index (κ1) is 14.4. The average molecular weight is 313 g/mol. The number of thiazole rings is 1. The molecule has 1 heterocycles. The summed E-state index contributed by atoms with van der Waals surface area (Å²) in [6.07, 6.45) is 1.72. The Balaban J connectivity index is 2.24. The Morgan fingerprint density at radius 1 is 1.47 bits per heavy atom. The number of carbonyl (C=O) groups is 1. The van der Waals surface area contributed by atoms with Crippen LogP contribution >= 0.6 is 35.6 Å². The first-order valence-electron chi connectivity index (χ1n) is 5.61. The molecule has 19 heavy (non-hydrogen) atoms. The molecule has 0 spiro atoms. The van der Waals surface area contributed by atoms with E-state index in [0.717, 1.165) is 5.01 Å². The summed E-state index contributed by atoms with van der Waals surface area (Å²) in [4.78, 5) is 17.2. The van der Waals surface area contributed by atoms with E-state index in [1.807, 2.05) is 19.2 Å². The molecule has 0 fully saturated rings. The van der Waals surface area contributed by atoms with Gasteiger partial charge in [-0.25, -0.2) is 4.98 Å². The van der Waals surface area contributed by atoms with E-state index < -0.39 is 5.54 Å². The lowest BCUT2D eigenvalue weighted by atomic mass is 10.1. The smallest absolute Gasteiger partial charge is 0.253 e. The molecule has 0 aliphatic carbocycles. The quantitative estimate of drug-likeness (QED) is 0.848. The van der Waals surface area contributed by atoms with Crippen LogP contribution in [0.3, 0.4) is 0 Å². The highest BCUT2D eigenvalue weighted by Gasteiger charge is 2.26. The third kappa shape index (κ3) is 3.29. The van der Waals surface area contributed by atoms with Crippen LogP contribution < -0.4 is 5.32 Å². The number of carbonyl (C=O) groups excluding carboxylic acids is 1. The SMILES string of the molecule is CC(C)(NC(=O)c1cc(S)ccc1Cl)c1nccs1. The largest absolute Gasteiger partial charge is 0.341 e. The zero-order valence-corrected chi connectivity index (χ0v) is 12.9. The van der Waals surface area contributed by atoms with Crippen LogP contribution in [0.1, 0.15) is 29.2 Å². The molecule has 2 rings (SSSR count). The van der Waals surface area contributed by atoms with Crippen molar-refractivity contribution in [2.24, 2.45) is 0 Å². The molecule has 1 aromatic carbocycles. The number of benzene rings is 1. The summed E-state index contributed by atoms with van der Waals surface area (Å²) in [5, 5.41) is 6.07. The maximum Gasteiger partial charge on any atom is 0.253 e. The Hall–Kier alpha value is -1.04. The number of hydrogen-bond donors (Lipinski definition) is 2. The molecule has 0 unspecified atom stereocenters. The molecule has 3 nitrogen and oxygen atoms in total. The first-order valence-corrected chi connectivity index (χ1v) is 7.31. The highest BCUT2D eigenvalue weighted by atomic mass is 35.5. The van der Waals surface area contributed by atoms with E-state index in [1.165, 1.54) is 11.3 Å². The number of aromatic nitrogens is 1. The maximum absolute atomic E-state index is 12.3. The number of hydrogen-bond acceptors (Lipinski definition) is 4. The molecule has 0 atom stereocenters. The Morgan fingerprint density at radius 2 is 2.21 bits per heavy atom. The van der Waals surface area contributed by atoms with E-state index in [2.05, 4.69) is 22.9 Å². The third-order valence-corrected chi connectivity index (χ3v) is 4.29. The van der Waals surface area contributed by atoms with Crippen molar-refractivity contribution >= 4 is 41.5 Å². The Morgan fingerprint density at radius 3 is 2.84 bits per heavy atom. The van der Waals surface area contributed by atoms with Crippen molar-refractivity contribution in [3.8, 4) is 0 Å². The molecule has 100 valence electrons. The van der Waals surface area contributed by atoms with Crippen LogP contribution in [0.5, 0.6) is 0 Å². The number of rotatable bonds is 3. The molecule has 6 heteroatoms. The van der Waals surface area contributed by atoms with Crippen LogP contribution in [0.4, 0.5) is 0 Å². The average Bonchev–Trinajstić information content (AvgIpc) is 2.86. The van der Waals surface area contributed by atoms with Crippen molar-refractivity contribution in [3.63, 3.8) is 0 Å². The minimum absolute atomic E-state index is 0.235. The van der Waals surface area contributed by atoms with Crippen LogP contribution in [-0.4, -0.2) is 10.9 Å². The summed E-state index contributed by atoms with van der Waals surface area (Å²) < 4.78 is 0. The maximum atomic E-state index is 12.3. The molecule has 0 aliphatic heterocycles. The van der Waals surface area contributed by atoms with Gasteiger partial charge in [-0.2, -0.15) is 0 Å². The van der Waals surface area contributed by atoms with Gasteiger partial charge in [0, 0.05) is 16.5 Å². The van der Waals surface area contributed by atoms with Gasteiger partial charge in [-0.15, -0.1) is 24.0 Å². The third-order valence-electron chi connectivity index (χ3n) is 2.59. The van der Waals surface area contributed by atoms with Crippen molar-refractivity contribution in [2.45, 2.75) is 24.3 Å². The zero-order chi connectivity index (χ0) is 14.0. The topological polar surface area (TPSA) is 42.0 Å². The fraction of sp³-hybridized carbons (Fsp3) is 0.231. The van der Waals surface area contributed by atoms with Gasteiger partial charge in [0.05, 0.1) is 16.1 Å². The van der Waals surface area contributed by atoms with Crippen LogP contribution in [0.15, 0.2) is 34.7 Å². The van der Waals surface area contributed by atoms with Crippen molar-refractivity contribution in [1.29, 1.82) is 0 Å². The van der Waals surface area contributed by atoms with Crippen LogP contribution in [0.25, 0.3) is 0 Å². The molecular weight excluding hydrogens is 300 g/mol. The summed E-state index contributed by atoms with van der Waals surface area (Å²) in [6.45, 7) is 3.81. The van der Waals surface area contributed by atoms with Gasteiger partial charge in [0.1, 0.15) is 5.01 Å². The highest BCUT2D eigenvalue weighted by molar-refractivity contribution is 7.80. The fourth-order valence-corrected chi connectivity index (χ4v) is 2.75. The summed E-state index contributed by atoms with van der Waals surface area (Å²) >= 11 is 11.8. The van der Waals surface area contributed by atoms with Crippen LogP contribution in [0.2, 0.25) is 5.02 Å². The molecule has 1 N–H and O–H groups in total. The zero-order valence-electron chi connectivity index (χ0n) is 10.5. The second kappa shape index (κ2) is 5.53. The highest BCUT2D eigenvalue weighted by Crippen LogP contribution is 2.25. The second-order valence-electron chi connectivity index (χ2n) is 4.58. The summed E-state index contributed by atoms with van der Waals surface area (Å²) in [5.41, 5.74) is -0.125. The summed E-state index contributed by atoms with van der Waals surface area (Å²) in [7, 11) is 0. The van der Waals surface area contributed by atoms with Gasteiger partial charge in [0.15, 0.2) is 0 Å².